The Kier molecular flexibility index (Phi) is 4.82. The molecule has 0 spiro atoms. The SMILES string of the molecule is COc1ccc(C(=O)N2CC=C(c3cccc4ccccc34)C2)cc1N1CCNC1=O. The van der Waals surface area contributed by atoms with Gasteiger partial charge in [0.15, 0.2) is 0 Å². The quantitative estimate of drug-likeness (QED) is 0.705. The van der Waals surface area contributed by atoms with Crippen LogP contribution in [-0.2, 0) is 0 Å². The lowest BCUT2D eigenvalue weighted by molar-refractivity contribution is 0.0801. The van der Waals surface area contributed by atoms with Gasteiger partial charge in [0, 0.05) is 31.7 Å². The maximum absolute atomic E-state index is 13.3. The highest BCUT2D eigenvalue weighted by atomic mass is 16.5. The summed E-state index contributed by atoms with van der Waals surface area (Å²) >= 11 is 0. The lowest BCUT2D eigenvalue weighted by atomic mass is 9.99. The van der Waals surface area contributed by atoms with Gasteiger partial charge < -0.3 is 15.0 Å². The van der Waals surface area contributed by atoms with Gasteiger partial charge in [-0.1, -0.05) is 48.5 Å². The van der Waals surface area contributed by atoms with Crippen LogP contribution in [0.1, 0.15) is 15.9 Å². The van der Waals surface area contributed by atoms with Crippen molar-refractivity contribution in [2.75, 3.05) is 38.2 Å². The molecule has 0 aliphatic carbocycles. The smallest absolute Gasteiger partial charge is 0.322 e. The highest BCUT2D eigenvalue weighted by molar-refractivity contribution is 6.02. The number of hydrogen-bond acceptors (Lipinski definition) is 3. The van der Waals surface area contributed by atoms with Crippen LogP contribution in [-0.4, -0.2) is 50.1 Å². The summed E-state index contributed by atoms with van der Waals surface area (Å²) in [6, 6.07) is 19.6. The lowest BCUT2D eigenvalue weighted by Gasteiger charge is -2.21. The van der Waals surface area contributed by atoms with Gasteiger partial charge in [0.25, 0.3) is 5.91 Å². The van der Waals surface area contributed by atoms with Crippen LogP contribution in [0.5, 0.6) is 5.75 Å². The minimum atomic E-state index is -0.177. The van der Waals surface area contributed by atoms with Crippen molar-refractivity contribution >= 4 is 34.0 Å². The third-order valence-electron chi connectivity index (χ3n) is 5.92. The number of anilines is 1. The third-order valence-corrected chi connectivity index (χ3v) is 5.92. The maximum Gasteiger partial charge on any atom is 0.322 e. The molecule has 0 radical (unpaired) electrons. The average Bonchev–Trinajstić information content (AvgIpc) is 3.47. The van der Waals surface area contributed by atoms with Gasteiger partial charge >= 0.3 is 6.03 Å². The second-order valence-corrected chi connectivity index (χ2v) is 7.71. The minimum Gasteiger partial charge on any atom is -0.495 e. The molecule has 6 heteroatoms. The first-order chi connectivity index (χ1) is 15.2. The van der Waals surface area contributed by atoms with E-state index in [0.717, 1.165) is 11.1 Å². The van der Waals surface area contributed by atoms with Crippen LogP contribution in [0.4, 0.5) is 10.5 Å². The van der Waals surface area contributed by atoms with Crippen molar-refractivity contribution in [3.63, 3.8) is 0 Å². The van der Waals surface area contributed by atoms with E-state index in [1.807, 2.05) is 17.0 Å². The van der Waals surface area contributed by atoms with Crippen LogP contribution in [0.3, 0.4) is 0 Å². The number of amides is 3. The molecular weight excluding hydrogens is 390 g/mol. The van der Waals surface area contributed by atoms with E-state index in [9.17, 15) is 9.59 Å². The number of nitrogens with one attached hydrogen (secondary N) is 1. The number of benzene rings is 3. The minimum absolute atomic E-state index is 0.0602. The Labute approximate surface area is 180 Å². The molecule has 0 aromatic heterocycles. The molecule has 5 rings (SSSR count). The van der Waals surface area contributed by atoms with E-state index in [1.54, 1.807) is 30.2 Å². The van der Waals surface area contributed by atoms with E-state index < -0.39 is 0 Å². The fourth-order valence-electron chi connectivity index (χ4n) is 4.33. The van der Waals surface area contributed by atoms with Crippen molar-refractivity contribution < 1.29 is 14.3 Å². The maximum atomic E-state index is 13.3. The molecule has 2 heterocycles. The summed E-state index contributed by atoms with van der Waals surface area (Å²) in [7, 11) is 1.56. The van der Waals surface area contributed by atoms with Crippen LogP contribution >= 0.6 is 0 Å². The Bertz CT molecular complexity index is 1210. The van der Waals surface area contributed by atoms with Gasteiger partial charge in [-0.2, -0.15) is 0 Å². The van der Waals surface area contributed by atoms with Crippen LogP contribution in [0.2, 0.25) is 0 Å². The first-order valence-corrected chi connectivity index (χ1v) is 10.4. The Morgan fingerprint density at radius 1 is 1.06 bits per heavy atom. The van der Waals surface area contributed by atoms with E-state index in [2.05, 4.69) is 41.7 Å². The summed E-state index contributed by atoms with van der Waals surface area (Å²) in [4.78, 5) is 28.8. The average molecular weight is 413 g/mol. The number of rotatable bonds is 4. The normalized spacial score (nSPS) is 15.9. The molecule has 31 heavy (non-hydrogen) atoms. The first-order valence-electron chi connectivity index (χ1n) is 10.4. The van der Waals surface area contributed by atoms with Crippen LogP contribution in [0.15, 0.2) is 66.7 Å². The van der Waals surface area contributed by atoms with Crippen LogP contribution < -0.4 is 15.0 Å². The Morgan fingerprint density at radius 2 is 1.90 bits per heavy atom. The fourth-order valence-corrected chi connectivity index (χ4v) is 4.33. The number of hydrogen-bond donors (Lipinski definition) is 1. The van der Waals surface area contributed by atoms with E-state index in [-0.39, 0.29) is 11.9 Å². The van der Waals surface area contributed by atoms with Crippen LogP contribution in [0.25, 0.3) is 16.3 Å². The largest absolute Gasteiger partial charge is 0.495 e. The van der Waals surface area contributed by atoms with Crippen molar-refractivity contribution in [1.82, 2.24) is 10.2 Å². The fraction of sp³-hybridized carbons (Fsp3) is 0.200. The van der Waals surface area contributed by atoms with Crippen molar-refractivity contribution in [3.8, 4) is 5.75 Å². The Morgan fingerprint density at radius 3 is 2.71 bits per heavy atom. The molecule has 1 saturated heterocycles. The zero-order valence-corrected chi connectivity index (χ0v) is 17.3. The first kappa shape index (κ1) is 19.2. The summed E-state index contributed by atoms with van der Waals surface area (Å²) in [6.45, 7) is 2.23. The zero-order chi connectivity index (χ0) is 21.4. The number of fused-ring (bicyclic) bond motifs is 1. The Balaban J connectivity index is 1.40. The van der Waals surface area contributed by atoms with Gasteiger partial charge in [-0.15, -0.1) is 0 Å². The zero-order valence-electron chi connectivity index (χ0n) is 17.3. The van der Waals surface area contributed by atoms with Crippen molar-refractivity contribution in [1.29, 1.82) is 0 Å². The molecule has 0 saturated carbocycles. The molecule has 156 valence electrons. The number of carbonyl (C=O) groups excluding carboxylic acids is 2. The van der Waals surface area contributed by atoms with E-state index in [0.29, 0.717) is 43.2 Å². The number of ether oxygens (including phenoxy) is 1. The second-order valence-electron chi connectivity index (χ2n) is 7.71. The number of carbonyl (C=O) groups is 2. The molecular formula is C25H23N3O3. The number of urea groups is 1. The molecule has 3 aromatic rings. The van der Waals surface area contributed by atoms with Crippen LogP contribution in [0, 0.1) is 0 Å². The topological polar surface area (TPSA) is 61.9 Å². The second kappa shape index (κ2) is 7.80. The third kappa shape index (κ3) is 3.40. The Hall–Kier alpha value is -3.80. The summed E-state index contributed by atoms with van der Waals surface area (Å²) < 4.78 is 5.43. The van der Waals surface area contributed by atoms with Crippen molar-refractivity contribution in [2.24, 2.45) is 0 Å². The highest BCUT2D eigenvalue weighted by Gasteiger charge is 2.27. The summed E-state index contributed by atoms with van der Waals surface area (Å²) in [5.41, 5.74) is 3.48. The van der Waals surface area contributed by atoms with Gasteiger partial charge in [-0.25, -0.2) is 4.79 Å². The van der Waals surface area contributed by atoms with Crippen molar-refractivity contribution in [2.45, 2.75) is 0 Å². The highest BCUT2D eigenvalue weighted by Crippen LogP contribution is 2.32. The van der Waals surface area contributed by atoms with Gasteiger partial charge in [0.1, 0.15) is 5.75 Å². The molecule has 6 nitrogen and oxygen atoms in total. The molecule has 1 fully saturated rings. The van der Waals surface area contributed by atoms with Gasteiger partial charge in [-0.05, 0) is 40.1 Å². The van der Waals surface area contributed by atoms with E-state index in [1.165, 1.54) is 10.8 Å². The molecule has 3 amide bonds. The summed E-state index contributed by atoms with van der Waals surface area (Å²) in [5, 5.41) is 5.17. The molecule has 3 aromatic carbocycles. The van der Waals surface area contributed by atoms with Crippen molar-refractivity contribution in [3.05, 3.63) is 77.9 Å². The monoisotopic (exact) mass is 413 g/mol. The van der Waals surface area contributed by atoms with E-state index in [4.69, 9.17) is 4.74 Å². The number of methoxy groups -OCH3 is 1. The van der Waals surface area contributed by atoms with Gasteiger partial charge in [0.05, 0.1) is 12.8 Å². The molecule has 2 aliphatic heterocycles. The molecule has 0 atom stereocenters. The van der Waals surface area contributed by atoms with Gasteiger partial charge in [-0.3, -0.25) is 9.69 Å². The van der Waals surface area contributed by atoms with E-state index >= 15 is 0 Å². The molecule has 2 aliphatic rings. The molecule has 0 bridgehead atoms. The molecule has 0 unspecified atom stereocenters. The van der Waals surface area contributed by atoms with Gasteiger partial charge in [0.2, 0.25) is 0 Å². The predicted octanol–water partition coefficient (Wildman–Crippen LogP) is 3.92. The summed E-state index contributed by atoms with van der Waals surface area (Å²) in [5.74, 6) is 0.514. The standard InChI is InChI=1S/C25H23N3O3/c1-31-23-10-9-18(15-22(23)28-14-12-26-25(28)30)24(29)27-13-11-19(16-27)21-8-4-6-17-5-2-3-7-20(17)21/h2-11,15H,12-14,16H2,1H3,(H,26,30). The number of nitrogens with zero attached hydrogens (tertiary/aromatic N) is 2. The summed E-state index contributed by atoms with van der Waals surface area (Å²) in [6.07, 6.45) is 2.12. The lowest BCUT2D eigenvalue weighted by Crippen LogP contribution is -2.30. The predicted molar refractivity (Wildman–Crippen MR) is 122 cm³/mol. The molecule has 1 N–H and O–H groups in total.